The summed E-state index contributed by atoms with van der Waals surface area (Å²) in [7, 11) is 1.35. The van der Waals surface area contributed by atoms with Crippen LogP contribution in [0.2, 0.25) is 0 Å². The van der Waals surface area contributed by atoms with Crippen molar-refractivity contribution in [1.29, 1.82) is 0 Å². The van der Waals surface area contributed by atoms with Gasteiger partial charge in [-0.1, -0.05) is 0 Å². The molecule has 8 nitrogen and oxygen atoms in total. The number of hydrogen-bond donors (Lipinski definition) is 0. The summed E-state index contributed by atoms with van der Waals surface area (Å²) < 4.78 is 9.70. The molecule has 2 fully saturated rings. The highest BCUT2D eigenvalue weighted by Crippen LogP contribution is 2.20. The SMILES string of the molecule is CCOC(=O)N1CCN(C(=O)C2CCCN(C(=O)OC)C2)CC1. The molecular formula is C15H25N3O5. The van der Waals surface area contributed by atoms with Gasteiger partial charge in [0.25, 0.3) is 0 Å². The van der Waals surface area contributed by atoms with Gasteiger partial charge in [0.1, 0.15) is 0 Å². The average molecular weight is 327 g/mol. The van der Waals surface area contributed by atoms with Crippen molar-refractivity contribution in [2.45, 2.75) is 19.8 Å². The molecule has 2 heterocycles. The molecule has 0 N–H and O–H groups in total. The monoisotopic (exact) mass is 327 g/mol. The quantitative estimate of drug-likeness (QED) is 0.748. The molecule has 2 rings (SSSR count). The van der Waals surface area contributed by atoms with E-state index in [0.29, 0.717) is 45.9 Å². The maximum atomic E-state index is 12.6. The van der Waals surface area contributed by atoms with Crippen molar-refractivity contribution in [1.82, 2.24) is 14.7 Å². The number of rotatable bonds is 2. The third-order valence-electron chi connectivity index (χ3n) is 4.32. The van der Waals surface area contributed by atoms with Gasteiger partial charge < -0.3 is 24.2 Å². The van der Waals surface area contributed by atoms with Crippen molar-refractivity contribution in [2.75, 3.05) is 53.0 Å². The summed E-state index contributed by atoms with van der Waals surface area (Å²) in [4.78, 5) is 40.9. The number of ether oxygens (including phenoxy) is 2. The Morgan fingerprint density at radius 1 is 0.957 bits per heavy atom. The Balaban J connectivity index is 1.84. The van der Waals surface area contributed by atoms with Gasteiger partial charge in [0.15, 0.2) is 0 Å². The van der Waals surface area contributed by atoms with Crippen LogP contribution in [0.25, 0.3) is 0 Å². The standard InChI is InChI=1S/C15H25N3O5/c1-3-23-15(21)17-9-7-16(8-10-17)13(19)12-5-4-6-18(11-12)14(20)22-2/h12H,3-11H2,1-2H3. The fraction of sp³-hybridized carbons (Fsp3) is 0.800. The number of carbonyl (C=O) groups excluding carboxylic acids is 3. The summed E-state index contributed by atoms with van der Waals surface area (Å²) in [6.45, 7) is 5.14. The zero-order valence-electron chi connectivity index (χ0n) is 13.8. The zero-order valence-corrected chi connectivity index (χ0v) is 13.8. The molecule has 0 aromatic rings. The van der Waals surface area contributed by atoms with Gasteiger partial charge >= 0.3 is 12.2 Å². The van der Waals surface area contributed by atoms with Crippen LogP contribution in [0.5, 0.6) is 0 Å². The van der Waals surface area contributed by atoms with Crippen molar-refractivity contribution >= 4 is 18.1 Å². The average Bonchev–Trinajstić information content (AvgIpc) is 2.60. The lowest BCUT2D eigenvalue weighted by molar-refractivity contribution is -0.138. The van der Waals surface area contributed by atoms with E-state index in [0.717, 1.165) is 12.8 Å². The number of methoxy groups -OCH3 is 1. The molecule has 0 saturated carbocycles. The number of hydrogen-bond acceptors (Lipinski definition) is 5. The van der Waals surface area contributed by atoms with E-state index in [1.165, 1.54) is 7.11 Å². The predicted octanol–water partition coefficient (Wildman–Crippen LogP) is 0.766. The van der Waals surface area contributed by atoms with Gasteiger partial charge in [-0.15, -0.1) is 0 Å². The largest absolute Gasteiger partial charge is 0.453 e. The van der Waals surface area contributed by atoms with E-state index in [1.807, 2.05) is 0 Å². The maximum Gasteiger partial charge on any atom is 0.409 e. The summed E-state index contributed by atoms with van der Waals surface area (Å²) in [6, 6.07) is 0. The normalized spacial score (nSPS) is 21.8. The third-order valence-corrected chi connectivity index (χ3v) is 4.32. The van der Waals surface area contributed by atoms with Gasteiger partial charge in [-0.3, -0.25) is 4.79 Å². The van der Waals surface area contributed by atoms with E-state index in [2.05, 4.69) is 0 Å². The predicted molar refractivity (Wildman–Crippen MR) is 81.9 cm³/mol. The second-order valence-electron chi connectivity index (χ2n) is 5.77. The van der Waals surface area contributed by atoms with Crippen LogP contribution in [0.1, 0.15) is 19.8 Å². The molecule has 2 aliphatic rings. The molecule has 1 unspecified atom stereocenters. The van der Waals surface area contributed by atoms with Crippen LogP contribution in [0, 0.1) is 5.92 Å². The fourth-order valence-electron chi connectivity index (χ4n) is 3.06. The number of carbonyl (C=O) groups is 3. The molecule has 1 atom stereocenters. The van der Waals surface area contributed by atoms with E-state index in [-0.39, 0.29) is 24.0 Å². The highest BCUT2D eigenvalue weighted by molar-refractivity contribution is 5.80. The van der Waals surface area contributed by atoms with Crippen molar-refractivity contribution in [3.05, 3.63) is 0 Å². The minimum Gasteiger partial charge on any atom is -0.453 e. The third kappa shape index (κ3) is 4.27. The molecule has 0 aliphatic carbocycles. The van der Waals surface area contributed by atoms with Crippen LogP contribution in [-0.2, 0) is 14.3 Å². The van der Waals surface area contributed by atoms with Crippen molar-refractivity contribution in [3.63, 3.8) is 0 Å². The van der Waals surface area contributed by atoms with Gasteiger partial charge in [0, 0.05) is 39.3 Å². The van der Waals surface area contributed by atoms with Crippen LogP contribution < -0.4 is 0 Å². The Bertz CT molecular complexity index is 448. The lowest BCUT2D eigenvalue weighted by atomic mass is 9.96. The van der Waals surface area contributed by atoms with Crippen LogP contribution in [0.4, 0.5) is 9.59 Å². The Morgan fingerprint density at radius 2 is 1.61 bits per heavy atom. The number of piperazine rings is 1. The van der Waals surface area contributed by atoms with Crippen molar-refractivity contribution < 1.29 is 23.9 Å². The first kappa shape index (κ1) is 17.4. The Morgan fingerprint density at radius 3 is 2.22 bits per heavy atom. The highest BCUT2D eigenvalue weighted by atomic mass is 16.6. The summed E-state index contributed by atoms with van der Waals surface area (Å²) in [6.07, 6.45) is 0.877. The summed E-state index contributed by atoms with van der Waals surface area (Å²) in [5.74, 6) is -0.126. The molecule has 0 bridgehead atoms. The van der Waals surface area contributed by atoms with Crippen LogP contribution in [0.15, 0.2) is 0 Å². The van der Waals surface area contributed by atoms with Gasteiger partial charge in [-0.25, -0.2) is 9.59 Å². The van der Waals surface area contributed by atoms with E-state index in [4.69, 9.17) is 9.47 Å². The Kier molecular flexibility index (Phi) is 6.06. The minimum absolute atomic E-state index is 0.0575. The molecule has 0 aromatic heterocycles. The topological polar surface area (TPSA) is 79.4 Å². The molecule has 8 heteroatoms. The second-order valence-corrected chi connectivity index (χ2v) is 5.77. The number of likely N-dealkylation sites (tertiary alicyclic amines) is 1. The molecule has 0 radical (unpaired) electrons. The fourth-order valence-corrected chi connectivity index (χ4v) is 3.06. The summed E-state index contributed by atoms with van der Waals surface area (Å²) in [5.41, 5.74) is 0. The van der Waals surface area contributed by atoms with Crippen LogP contribution in [0.3, 0.4) is 0 Å². The Labute approximate surface area is 136 Å². The molecular weight excluding hydrogens is 302 g/mol. The molecule has 2 saturated heterocycles. The first-order chi connectivity index (χ1) is 11.1. The first-order valence-electron chi connectivity index (χ1n) is 8.10. The van der Waals surface area contributed by atoms with E-state index < -0.39 is 0 Å². The molecule has 3 amide bonds. The van der Waals surface area contributed by atoms with E-state index >= 15 is 0 Å². The number of piperidine rings is 1. The van der Waals surface area contributed by atoms with Gasteiger partial charge in [-0.2, -0.15) is 0 Å². The minimum atomic E-state index is -0.380. The summed E-state index contributed by atoms with van der Waals surface area (Å²) in [5, 5.41) is 0. The maximum absolute atomic E-state index is 12.6. The second kappa shape index (κ2) is 8.03. The lowest BCUT2D eigenvalue weighted by Gasteiger charge is -2.38. The van der Waals surface area contributed by atoms with Crippen molar-refractivity contribution in [3.8, 4) is 0 Å². The van der Waals surface area contributed by atoms with Crippen LogP contribution >= 0.6 is 0 Å². The van der Waals surface area contributed by atoms with Gasteiger partial charge in [-0.05, 0) is 19.8 Å². The molecule has 23 heavy (non-hydrogen) atoms. The molecule has 0 spiro atoms. The number of nitrogens with zero attached hydrogens (tertiary/aromatic N) is 3. The Hall–Kier alpha value is -1.99. The molecule has 2 aliphatic heterocycles. The highest BCUT2D eigenvalue weighted by Gasteiger charge is 2.33. The smallest absolute Gasteiger partial charge is 0.409 e. The first-order valence-corrected chi connectivity index (χ1v) is 8.10. The van der Waals surface area contributed by atoms with Gasteiger partial charge in [0.2, 0.25) is 5.91 Å². The van der Waals surface area contributed by atoms with Crippen molar-refractivity contribution in [2.24, 2.45) is 5.92 Å². The molecule has 130 valence electrons. The van der Waals surface area contributed by atoms with E-state index in [9.17, 15) is 14.4 Å². The van der Waals surface area contributed by atoms with Crippen LogP contribution in [-0.4, -0.2) is 85.8 Å². The summed E-state index contributed by atoms with van der Waals surface area (Å²) >= 11 is 0. The van der Waals surface area contributed by atoms with Gasteiger partial charge in [0.05, 0.1) is 19.6 Å². The number of amides is 3. The zero-order chi connectivity index (χ0) is 16.8. The van der Waals surface area contributed by atoms with E-state index in [1.54, 1.807) is 21.6 Å². The molecule has 0 aromatic carbocycles. The lowest BCUT2D eigenvalue weighted by Crippen LogP contribution is -2.54.